The van der Waals surface area contributed by atoms with Crippen LogP contribution in [0.25, 0.3) is 0 Å². The Morgan fingerprint density at radius 2 is 1.91 bits per heavy atom. The monoisotopic (exact) mass is 453 g/mol. The fourth-order valence-corrected chi connectivity index (χ4v) is 3.76. The SMILES string of the molecule is CCCCNC(=O)C1Cc2cc(OC)ccc2N1C(=O)[C@H](C)NC(=O)OCc1ccccc1. The van der Waals surface area contributed by atoms with E-state index in [9.17, 15) is 14.4 Å². The number of fused-ring (bicyclic) bond motifs is 1. The van der Waals surface area contributed by atoms with Crippen LogP contribution in [0.1, 0.15) is 37.8 Å². The van der Waals surface area contributed by atoms with Gasteiger partial charge in [0.1, 0.15) is 24.4 Å². The molecule has 33 heavy (non-hydrogen) atoms. The van der Waals surface area contributed by atoms with Crippen molar-refractivity contribution in [3.8, 4) is 5.75 Å². The Morgan fingerprint density at radius 1 is 1.15 bits per heavy atom. The van der Waals surface area contributed by atoms with Crippen molar-refractivity contribution in [3.63, 3.8) is 0 Å². The van der Waals surface area contributed by atoms with Crippen molar-refractivity contribution in [2.24, 2.45) is 0 Å². The molecule has 0 fully saturated rings. The lowest BCUT2D eigenvalue weighted by atomic mass is 10.1. The van der Waals surface area contributed by atoms with E-state index in [0.29, 0.717) is 24.4 Å². The van der Waals surface area contributed by atoms with Crippen molar-refractivity contribution in [1.29, 1.82) is 0 Å². The Balaban J connectivity index is 1.71. The van der Waals surface area contributed by atoms with E-state index in [4.69, 9.17) is 9.47 Å². The summed E-state index contributed by atoms with van der Waals surface area (Å²) >= 11 is 0. The first-order chi connectivity index (χ1) is 15.9. The number of benzene rings is 2. The molecule has 2 aromatic carbocycles. The number of ether oxygens (including phenoxy) is 2. The first-order valence-electron chi connectivity index (χ1n) is 11.2. The van der Waals surface area contributed by atoms with Crippen molar-refractivity contribution in [1.82, 2.24) is 10.6 Å². The van der Waals surface area contributed by atoms with Crippen molar-refractivity contribution in [3.05, 3.63) is 59.7 Å². The van der Waals surface area contributed by atoms with Gasteiger partial charge in [0, 0.05) is 18.7 Å². The van der Waals surface area contributed by atoms with Crippen molar-refractivity contribution < 1.29 is 23.9 Å². The van der Waals surface area contributed by atoms with Gasteiger partial charge in [-0.05, 0) is 42.7 Å². The Labute approximate surface area is 194 Å². The van der Waals surface area contributed by atoms with E-state index in [1.54, 1.807) is 26.2 Å². The number of hydrogen-bond acceptors (Lipinski definition) is 5. The van der Waals surface area contributed by atoms with E-state index < -0.39 is 18.2 Å². The molecule has 0 spiro atoms. The molecule has 1 aliphatic rings. The number of methoxy groups -OCH3 is 1. The molecule has 1 aliphatic heterocycles. The maximum Gasteiger partial charge on any atom is 0.408 e. The standard InChI is InChI=1S/C25H31N3O5/c1-4-5-13-26-23(29)22-15-19-14-20(32-3)11-12-21(19)28(22)24(30)17(2)27-25(31)33-16-18-9-7-6-8-10-18/h6-12,14,17,22H,4-5,13,15-16H2,1-3H3,(H,26,29)(H,27,31)/t17-,22?/m0/s1. The molecule has 8 nitrogen and oxygen atoms in total. The molecule has 8 heteroatoms. The number of nitrogens with zero attached hydrogens (tertiary/aromatic N) is 1. The Morgan fingerprint density at radius 3 is 2.61 bits per heavy atom. The Kier molecular flexibility index (Phi) is 8.29. The molecule has 0 bridgehead atoms. The third-order valence-corrected chi connectivity index (χ3v) is 5.56. The first-order valence-corrected chi connectivity index (χ1v) is 11.2. The summed E-state index contributed by atoms with van der Waals surface area (Å²) in [6, 6.07) is 13.1. The summed E-state index contributed by atoms with van der Waals surface area (Å²) < 4.78 is 10.5. The van der Waals surface area contributed by atoms with Gasteiger partial charge in [0.05, 0.1) is 7.11 Å². The van der Waals surface area contributed by atoms with Crippen molar-refractivity contribution >= 4 is 23.6 Å². The largest absolute Gasteiger partial charge is 0.497 e. The summed E-state index contributed by atoms with van der Waals surface area (Å²) in [6.07, 6.45) is 1.49. The molecule has 1 unspecified atom stereocenters. The molecule has 3 amide bonds. The van der Waals surface area contributed by atoms with Crippen LogP contribution in [-0.2, 0) is 27.4 Å². The summed E-state index contributed by atoms with van der Waals surface area (Å²) in [5.41, 5.74) is 2.33. The number of anilines is 1. The summed E-state index contributed by atoms with van der Waals surface area (Å²) in [6.45, 7) is 4.28. The van der Waals surface area contributed by atoms with Gasteiger partial charge in [-0.2, -0.15) is 0 Å². The molecule has 0 aliphatic carbocycles. The lowest BCUT2D eigenvalue weighted by Gasteiger charge is -2.28. The molecular weight excluding hydrogens is 422 g/mol. The number of amides is 3. The number of carbonyl (C=O) groups excluding carboxylic acids is 3. The second-order valence-electron chi connectivity index (χ2n) is 8.00. The zero-order valence-electron chi connectivity index (χ0n) is 19.3. The second kappa shape index (κ2) is 11.4. The van der Waals surface area contributed by atoms with Gasteiger partial charge in [-0.25, -0.2) is 4.79 Å². The normalized spacial score (nSPS) is 15.4. The van der Waals surface area contributed by atoms with Crippen LogP contribution in [-0.4, -0.2) is 43.6 Å². The van der Waals surface area contributed by atoms with E-state index >= 15 is 0 Å². The second-order valence-corrected chi connectivity index (χ2v) is 8.00. The average Bonchev–Trinajstić information content (AvgIpc) is 3.21. The number of nitrogens with one attached hydrogen (secondary N) is 2. The molecule has 176 valence electrons. The van der Waals surface area contributed by atoms with Crippen LogP contribution in [0.15, 0.2) is 48.5 Å². The van der Waals surface area contributed by atoms with Crippen molar-refractivity contribution in [2.45, 2.75) is 51.8 Å². The van der Waals surface area contributed by atoms with Crippen LogP contribution in [0.4, 0.5) is 10.5 Å². The van der Waals surface area contributed by atoms with E-state index in [2.05, 4.69) is 10.6 Å². The van der Waals surface area contributed by atoms with Crippen LogP contribution >= 0.6 is 0 Å². The van der Waals surface area contributed by atoms with Gasteiger partial charge in [-0.1, -0.05) is 43.7 Å². The van der Waals surface area contributed by atoms with Gasteiger partial charge in [0.2, 0.25) is 11.8 Å². The maximum atomic E-state index is 13.4. The molecule has 0 saturated carbocycles. The molecule has 0 radical (unpaired) electrons. The topological polar surface area (TPSA) is 97.0 Å². The highest BCUT2D eigenvalue weighted by Crippen LogP contribution is 2.35. The third-order valence-electron chi connectivity index (χ3n) is 5.56. The highest BCUT2D eigenvalue weighted by molar-refractivity contribution is 6.06. The fourth-order valence-electron chi connectivity index (χ4n) is 3.76. The average molecular weight is 454 g/mol. The molecule has 2 atom stereocenters. The minimum atomic E-state index is -0.882. The molecule has 2 N–H and O–H groups in total. The number of carbonyl (C=O) groups is 3. The van der Waals surface area contributed by atoms with Gasteiger partial charge in [0.15, 0.2) is 0 Å². The minimum Gasteiger partial charge on any atom is -0.497 e. The smallest absolute Gasteiger partial charge is 0.408 e. The highest BCUT2D eigenvalue weighted by Gasteiger charge is 2.40. The lowest BCUT2D eigenvalue weighted by Crippen LogP contribution is -2.54. The third kappa shape index (κ3) is 6.03. The predicted molar refractivity (Wildman–Crippen MR) is 125 cm³/mol. The molecule has 0 aromatic heterocycles. The number of unbranched alkanes of at least 4 members (excludes halogenated alkanes) is 1. The van der Waals surface area contributed by atoms with Crippen LogP contribution in [0.3, 0.4) is 0 Å². The van der Waals surface area contributed by atoms with Gasteiger partial charge < -0.3 is 20.1 Å². The van der Waals surface area contributed by atoms with E-state index in [0.717, 1.165) is 24.0 Å². The fraction of sp³-hybridized carbons (Fsp3) is 0.400. The van der Waals surface area contributed by atoms with Crippen molar-refractivity contribution in [2.75, 3.05) is 18.6 Å². The van der Waals surface area contributed by atoms with Gasteiger partial charge in [0.25, 0.3) is 0 Å². The number of hydrogen-bond donors (Lipinski definition) is 2. The van der Waals surface area contributed by atoms with E-state index in [1.807, 2.05) is 43.3 Å². The Hall–Kier alpha value is -3.55. The van der Waals surface area contributed by atoms with Gasteiger partial charge in [-0.3, -0.25) is 14.5 Å². The Bertz CT molecular complexity index is 979. The molecule has 1 heterocycles. The van der Waals surface area contributed by atoms with Gasteiger partial charge in [-0.15, -0.1) is 0 Å². The lowest BCUT2D eigenvalue weighted by molar-refractivity contribution is -0.126. The van der Waals surface area contributed by atoms with Crippen LogP contribution in [0.2, 0.25) is 0 Å². The number of rotatable bonds is 9. The zero-order chi connectivity index (χ0) is 23.8. The van der Waals surface area contributed by atoms with Crippen LogP contribution < -0.4 is 20.3 Å². The quantitative estimate of drug-likeness (QED) is 0.569. The molecular formula is C25H31N3O5. The summed E-state index contributed by atoms with van der Waals surface area (Å²) in [4.78, 5) is 40.0. The summed E-state index contributed by atoms with van der Waals surface area (Å²) in [7, 11) is 1.57. The van der Waals surface area contributed by atoms with E-state index in [1.165, 1.54) is 4.90 Å². The predicted octanol–water partition coefficient (Wildman–Crippen LogP) is 3.18. The van der Waals surface area contributed by atoms with E-state index in [-0.39, 0.29) is 18.4 Å². The summed E-state index contributed by atoms with van der Waals surface area (Å²) in [5.74, 6) is 0.0564. The van der Waals surface area contributed by atoms with Crippen LogP contribution in [0.5, 0.6) is 5.75 Å². The van der Waals surface area contributed by atoms with Gasteiger partial charge >= 0.3 is 6.09 Å². The molecule has 0 saturated heterocycles. The first kappa shape index (κ1) is 24.1. The number of alkyl carbamates (subject to hydrolysis) is 1. The highest BCUT2D eigenvalue weighted by atomic mass is 16.5. The minimum absolute atomic E-state index is 0.0996. The molecule has 3 rings (SSSR count). The zero-order valence-corrected chi connectivity index (χ0v) is 19.3. The van der Waals surface area contributed by atoms with Crippen LogP contribution in [0, 0.1) is 0 Å². The maximum absolute atomic E-state index is 13.4. The molecule has 2 aromatic rings. The summed E-state index contributed by atoms with van der Waals surface area (Å²) in [5, 5.41) is 5.50.